The zero-order valence-electron chi connectivity index (χ0n) is 8.08. The van der Waals surface area contributed by atoms with Crippen LogP contribution in [0.4, 0.5) is 0 Å². The summed E-state index contributed by atoms with van der Waals surface area (Å²) in [6.45, 7) is 2.86. The van der Waals surface area contributed by atoms with Gasteiger partial charge in [-0.1, -0.05) is 0 Å². The molecule has 0 aromatic heterocycles. The lowest BCUT2D eigenvalue weighted by Crippen LogP contribution is -2.28. The van der Waals surface area contributed by atoms with Crippen LogP contribution in [0.3, 0.4) is 0 Å². The molecular weight excluding hydrogens is 174 g/mol. The number of carboxylic acids is 1. The van der Waals surface area contributed by atoms with Gasteiger partial charge in [0.2, 0.25) is 0 Å². The lowest BCUT2D eigenvalue weighted by Gasteiger charge is -2.11. The van der Waals surface area contributed by atoms with Crippen molar-refractivity contribution >= 4 is 5.97 Å². The van der Waals surface area contributed by atoms with Crippen LogP contribution in [0.25, 0.3) is 0 Å². The second kappa shape index (κ2) is 7.97. The third kappa shape index (κ3) is 9.26. The van der Waals surface area contributed by atoms with E-state index in [0.29, 0.717) is 19.6 Å². The summed E-state index contributed by atoms with van der Waals surface area (Å²) in [6.07, 6.45) is 0.712. The molecule has 0 aromatic carbocycles. The number of hydroxylamine groups is 1. The summed E-state index contributed by atoms with van der Waals surface area (Å²) in [7, 11) is 1.59. The normalized spacial score (nSPS) is 12.8. The molecule has 0 radical (unpaired) electrons. The number of nitrogens with one attached hydrogen (secondary N) is 1. The van der Waals surface area contributed by atoms with Crippen molar-refractivity contribution in [3.05, 3.63) is 0 Å². The van der Waals surface area contributed by atoms with Gasteiger partial charge in [-0.25, -0.2) is 0 Å². The number of ether oxygens (including phenoxy) is 1. The second-order valence-electron chi connectivity index (χ2n) is 2.79. The zero-order chi connectivity index (χ0) is 10.1. The molecule has 2 N–H and O–H groups in total. The highest BCUT2D eigenvalue weighted by molar-refractivity contribution is 5.66. The van der Waals surface area contributed by atoms with E-state index in [1.54, 1.807) is 7.11 Å². The molecule has 5 nitrogen and oxygen atoms in total. The predicted octanol–water partition coefficient (Wildman–Crippen LogP) is 0.407. The van der Waals surface area contributed by atoms with E-state index in [0.717, 1.165) is 0 Å². The summed E-state index contributed by atoms with van der Waals surface area (Å²) < 4.78 is 4.76. The first kappa shape index (κ1) is 12.3. The van der Waals surface area contributed by atoms with E-state index in [2.05, 4.69) is 5.48 Å². The van der Waals surface area contributed by atoms with Gasteiger partial charge >= 0.3 is 5.97 Å². The van der Waals surface area contributed by atoms with Gasteiger partial charge in [-0.3, -0.25) is 9.63 Å². The lowest BCUT2D eigenvalue weighted by atomic mass is 10.2. The number of methoxy groups -OCH3 is 1. The molecular formula is C8H17NO4. The first-order chi connectivity index (χ1) is 6.16. The minimum Gasteiger partial charge on any atom is -0.481 e. The van der Waals surface area contributed by atoms with E-state index in [4.69, 9.17) is 14.7 Å². The van der Waals surface area contributed by atoms with E-state index >= 15 is 0 Å². The monoisotopic (exact) mass is 191 g/mol. The van der Waals surface area contributed by atoms with Gasteiger partial charge in [0, 0.05) is 19.6 Å². The summed E-state index contributed by atoms with van der Waals surface area (Å²) in [6, 6.07) is 0.0490. The average molecular weight is 191 g/mol. The van der Waals surface area contributed by atoms with Crippen molar-refractivity contribution in [1.82, 2.24) is 5.48 Å². The highest BCUT2D eigenvalue weighted by atomic mass is 16.7. The number of hydrogen-bond donors (Lipinski definition) is 2. The molecule has 0 bridgehead atoms. The Bertz CT molecular complexity index is 140. The Kier molecular flexibility index (Phi) is 7.57. The van der Waals surface area contributed by atoms with Gasteiger partial charge in [-0.05, 0) is 13.3 Å². The Morgan fingerprint density at radius 3 is 2.77 bits per heavy atom. The Balaban J connectivity index is 3.19. The summed E-state index contributed by atoms with van der Waals surface area (Å²) in [4.78, 5) is 15.2. The first-order valence-electron chi connectivity index (χ1n) is 4.25. The van der Waals surface area contributed by atoms with E-state index in [9.17, 15) is 4.79 Å². The van der Waals surface area contributed by atoms with Crippen LogP contribution in [0, 0.1) is 0 Å². The van der Waals surface area contributed by atoms with Crippen LogP contribution in [0.1, 0.15) is 19.8 Å². The highest BCUT2D eigenvalue weighted by Gasteiger charge is 2.04. The molecule has 0 aromatic rings. The fourth-order valence-corrected chi connectivity index (χ4v) is 0.725. The van der Waals surface area contributed by atoms with Crippen LogP contribution in [0.5, 0.6) is 0 Å². The molecule has 0 heterocycles. The minimum atomic E-state index is -0.787. The third-order valence-corrected chi connectivity index (χ3v) is 1.47. The molecule has 0 fully saturated rings. The van der Waals surface area contributed by atoms with Crippen molar-refractivity contribution < 1.29 is 19.5 Å². The Labute approximate surface area is 78.0 Å². The molecule has 0 aliphatic heterocycles. The molecule has 13 heavy (non-hydrogen) atoms. The maximum Gasteiger partial charge on any atom is 0.303 e. The predicted molar refractivity (Wildman–Crippen MR) is 47.3 cm³/mol. The van der Waals surface area contributed by atoms with Crippen LogP contribution in [-0.2, 0) is 14.4 Å². The lowest BCUT2D eigenvalue weighted by molar-refractivity contribution is -0.137. The standard InChI is InChI=1S/C8H17NO4/c1-7(3-4-8(10)11)9-13-6-5-12-2/h7,9H,3-6H2,1-2H3,(H,10,11). The van der Waals surface area contributed by atoms with Crippen LogP contribution in [-0.4, -0.2) is 37.4 Å². The number of carbonyl (C=O) groups is 1. The van der Waals surface area contributed by atoms with Crippen molar-refractivity contribution in [3.63, 3.8) is 0 Å². The van der Waals surface area contributed by atoms with Gasteiger partial charge < -0.3 is 9.84 Å². The molecule has 0 spiro atoms. The van der Waals surface area contributed by atoms with E-state index in [1.165, 1.54) is 0 Å². The van der Waals surface area contributed by atoms with Gasteiger partial charge in [0.25, 0.3) is 0 Å². The number of aliphatic carboxylic acids is 1. The van der Waals surface area contributed by atoms with Gasteiger partial charge in [-0.2, -0.15) is 5.48 Å². The van der Waals surface area contributed by atoms with Crippen LogP contribution >= 0.6 is 0 Å². The van der Waals surface area contributed by atoms with Crippen molar-refractivity contribution in [3.8, 4) is 0 Å². The van der Waals surface area contributed by atoms with Crippen molar-refractivity contribution in [2.24, 2.45) is 0 Å². The molecule has 0 aliphatic carbocycles. The Hall–Kier alpha value is -0.650. The van der Waals surface area contributed by atoms with Crippen molar-refractivity contribution in [2.45, 2.75) is 25.8 Å². The molecule has 0 amide bonds. The van der Waals surface area contributed by atoms with Crippen LogP contribution in [0.15, 0.2) is 0 Å². The fourth-order valence-electron chi connectivity index (χ4n) is 0.725. The summed E-state index contributed by atoms with van der Waals surface area (Å²) in [5.41, 5.74) is 2.73. The number of hydrogen-bond acceptors (Lipinski definition) is 4. The van der Waals surface area contributed by atoms with Gasteiger partial charge in [0.15, 0.2) is 0 Å². The van der Waals surface area contributed by atoms with Gasteiger partial charge in [-0.15, -0.1) is 0 Å². The summed E-state index contributed by atoms with van der Waals surface area (Å²) in [5, 5.41) is 8.38. The van der Waals surface area contributed by atoms with Crippen molar-refractivity contribution in [1.29, 1.82) is 0 Å². The highest BCUT2D eigenvalue weighted by Crippen LogP contribution is 1.95. The second-order valence-corrected chi connectivity index (χ2v) is 2.79. The number of rotatable bonds is 8. The largest absolute Gasteiger partial charge is 0.481 e. The molecule has 0 aliphatic rings. The van der Waals surface area contributed by atoms with Gasteiger partial charge in [0.1, 0.15) is 0 Å². The third-order valence-electron chi connectivity index (χ3n) is 1.47. The first-order valence-corrected chi connectivity index (χ1v) is 4.25. The Morgan fingerprint density at radius 2 is 2.23 bits per heavy atom. The quantitative estimate of drug-likeness (QED) is 0.429. The van der Waals surface area contributed by atoms with Crippen LogP contribution in [0.2, 0.25) is 0 Å². The molecule has 78 valence electrons. The van der Waals surface area contributed by atoms with Crippen LogP contribution < -0.4 is 5.48 Å². The van der Waals surface area contributed by atoms with E-state index < -0.39 is 5.97 Å². The topological polar surface area (TPSA) is 67.8 Å². The molecule has 0 rings (SSSR count). The Morgan fingerprint density at radius 1 is 1.54 bits per heavy atom. The van der Waals surface area contributed by atoms with E-state index in [-0.39, 0.29) is 12.5 Å². The molecule has 5 heteroatoms. The SMILES string of the molecule is COCCONC(C)CCC(=O)O. The maximum atomic E-state index is 10.2. The summed E-state index contributed by atoms with van der Waals surface area (Å²) in [5.74, 6) is -0.787. The smallest absolute Gasteiger partial charge is 0.303 e. The molecule has 0 saturated carbocycles. The van der Waals surface area contributed by atoms with Gasteiger partial charge in [0.05, 0.1) is 13.2 Å². The fraction of sp³-hybridized carbons (Fsp3) is 0.875. The summed E-state index contributed by atoms with van der Waals surface area (Å²) >= 11 is 0. The molecule has 1 atom stereocenters. The van der Waals surface area contributed by atoms with E-state index in [1.807, 2.05) is 6.92 Å². The average Bonchev–Trinajstić information content (AvgIpc) is 2.09. The zero-order valence-corrected chi connectivity index (χ0v) is 8.08. The van der Waals surface area contributed by atoms with Crippen molar-refractivity contribution in [2.75, 3.05) is 20.3 Å². The molecule has 0 saturated heterocycles. The number of carboxylic acid groups (broad SMARTS) is 1. The minimum absolute atomic E-state index is 0.0490. The maximum absolute atomic E-state index is 10.2. The molecule has 1 unspecified atom stereocenters.